The van der Waals surface area contributed by atoms with Crippen molar-refractivity contribution in [2.75, 3.05) is 42.9 Å². The van der Waals surface area contributed by atoms with Gasteiger partial charge in [0.05, 0.1) is 11.9 Å². The Hall–Kier alpha value is -2.85. The van der Waals surface area contributed by atoms with Crippen molar-refractivity contribution in [1.82, 2.24) is 14.9 Å². The zero-order valence-electron chi connectivity index (χ0n) is 15.4. The molecule has 0 spiro atoms. The summed E-state index contributed by atoms with van der Waals surface area (Å²) in [5.41, 5.74) is 0.538. The second-order valence-electron chi connectivity index (χ2n) is 6.55. The molecule has 1 aliphatic heterocycles. The van der Waals surface area contributed by atoms with Gasteiger partial charge in [-0.05, 0) is 35.7 Å². The third kappa shape index (κ3) is 4.77. The number of halogens is 2. The molecule has 1 N–H and O–H groups in total. The molecule has 152 valence electrons. The molecule has 3 aromatic rings. The predicted octanol–water partition coefficient (Wildman–Crippen LogP) is 3.05. The molecule has 0 radical (unpaired) electrons. The lowest BCUT2D eigenvalue weighted by Gasteiger charge is -2.35. The second-order valence-corrected chi connectivity index (χ2v) is 7.45. The molecular formula is C19H19F2N5O2S. The average Bonchev–Trinajstić information content (AvgIpc) is 3.19. The summed E-state index contributed by atoms with van der Waals surface area (Å²) in [6, 6.07) is 7.90. The molecule has 1 saturated heterocycles. The van der Waals surface area contributed by atoms with Gasteiger partial charge in [0.25, 0.3) is 0 Å². The highest BCUT2D eigenvalue weighted by Crippen LogP contribution is 2.27. The highest BCUT2D eigenvalue weighted by atomic mass is 32.1. The van der Waals surface area contributed by atoms with Crippen LogP contribution in [0.4, 0.5) is 20.3 Å². The largest absolute Gasteiger partial charge is 0.435 e. The molecule has 1 aromatic carbocycles. The molecule has 10 heteroatoms. The summed E-state index contributed by atoms with van der Waals surface area (Å²) in [6.07, 6.45) is 1.59. The van der Waals surface area contributed by atoms with Crippen LogP contribution >= 0.6 is 11.3 Å². The van der Waals surface area contributed by atoms with Gasteiger partial charge < -0.3 is 15.0 Å². The predicted molar refractivity (Wildman–Crippen MR) is 108 cm³/mol. The number of hydrogen-bond acceptors (Lipinski definition) is 7. The average molecular weight is 419 g/mol. The summed E-state index contributed by atoms with van der Waals surface area (Å²) in [6.45, 7) is 0.422. The van der Waals surface area contributed by atoms with Crippen LogP contribution in [0.25, 0.3) is 10.2 Å². The van der Waals surface area contributed by atoms with Gasteiger partial charge in [0.15, 0.2) is 0 Å². The Bertz CT molecular complexity index is 974. The van der Waals surface area contributed by atoms with Crippen LogP contribution in [0, 0.1) is 0 Å². The minimum Gasteiger partial charge on any atom is -0.435 e. The Morgan fingerprint density at radius 1 is 1.14 bits per heavy atom. The van der Waals surface area contributed by atoms with Crippen LogP contribution in [-0.4, -0.2) is 60.1 Å². The van der Waals surface area contributed by atoms with Gasteiger partial charge in [-0.2, -0.15) is 8.78 Å². The lowest BCUT2D eigenvalue weighted by atomic mass is 10.2. The highest BCUT2D eigenvalue weighted by molar-refractivity contribution is 7.16. The van der Waals surface area contributed by atoms with Crippen molar-refractivity contribution in [2.24, 2.45) is 0 Å². The summed E-state index contributed by atoms with van der Waals surface area (Å²) >= 11 is 1.59. The first-order chi connectivity index (χ1) is 14.1. The van der Waals surface area contributed by atoms with Gasteiger partial charge in [-0.3, -0.25) is 9.69 Å². The quantitative estimate of drug-likeness (QED) is 0.662. The zero-order valence-corrected chi connectivity index (χ0v) is 16.2. The summed E-state index contributed by atoms with van der Waals surface area (Å²) in [7, 11) is 0. The van der Waals surface area contributed by atoms with Crippen LogP contribution in [0.5, 0.6) is 5.75 Å². The maximum Gasteiger partial charge on any atom is 0.387 e. The fourth-order valence-electron chi connectivity index (χ4n) is 3.27. The number of benzene rings is 1. The molecule has 1 amide bonds. The summed E-state index contributed by atoms with van der Waals surface area (Å²) < 4.78 is 28.7. The Balaban J connectivity index is 1.28. The Kier molecular flexibility index (Phi) is 5.81. The van der Waals surface area contributed by atoms with Gasteiger partial charge >= 0.3 is 6.61 Å². The van der Waals surface area contributed by atoms with Crippen LogP contribution in [0.2, 0.25) is 0 Å². The number of alkyl halides is 2. The molecule has 1 aliphatic rings. The first-order valence-corrected chi connectivity index (χ1v) is 9.97. The van der Waals surface area contributed by atoms with Crippen LogP contribution in [0.15, 0.2) is 42.0 Å². The Labute approximate surface area is 169 Å². The van der Waals surface area contributed by atoms with E-state index in [0.717, 1.165) is 42.2 Å². The topological polar surface area (TPSA) is 70.6 Å². The SMILES string of the molecule is O=C(CN1CCN(c2ncnc3sccc23)CC1)Nc1ccc(OC(F)F)cc1. The van der Waals surface area contributed by atoms with Crippen molar-refractivity contribution in [3.63, 3.8) is 0 Å². The third-order valence-electron chi connectivity index (χ3n) is 4.64. The number of nitrogens with zero attached hydrogens (tertiary/aromatic N) is 4. The first kappa shape index (κ1) is 19.5. The van der Waals surface area contributed by atoms with Crippen molar-refractivity contribution in [3.8, 4) is 5.75 Å². The number of aromatic nitrogens is 2. The molecule has 7 nitrogen and oxygen atoms in total. The van der Waals surface area contributed by atoms with E-state index >= 15 is 0 Å². The number of ether oxygens (including phenoxy) is 1. The lowest BCUT2D eigenvalue weighted by Crippen LogP contribution is -2.49. The number of hydrogen-bond donors (Lipinski definition) is 1. The molecule has 0 unspecified atom stereocenters. The van der Waals surface area contributed by atoms with Gasteiger partial charge in [0.2, 0.25) is 5.91 Å². The van der Waals surface area contributed by atoms with E-state index < -0.39 is 6.61 Å². The van der Waals surface area contributed by atoms with E-state index in [1.54, 1.807) is 17.7 Å². The molecule has 0 saturated carbocycles. The van der Waals surface area contributed by atoms with Crippen LogP contribution in [0.3, 0.4) is 0 Å². The van der Waals surface area contributed by atoms with E-state index in [9.17, 15) is 13.6 Å². The maximum atomic E-state index is 12.3. The number of nitrogens with one attached hydrogen (secondary N) is 1. The van der Waals surface area contributed by atoms with Crippen molar-refractivity contribution in [3.05, 3.63) is 42.0 Å². The van der Waals surface area contributed by atoms with E-state index in [1.165, 1.54) is 24.3 Å². The first-order valence-electron chi connectivity index (χ1n) is 9.09. The zero-order chi connectivity index (χ0) is 20.2. The number of piperazine rings is 1. The maximum absolute atomic E-state index is 12.3. The van der Waals surface area contributed by atoms with E-state index in [-0.39, 0.29) is 18.2 Å². The van der Waals surface area contributed by atoms with Gasteiger partial charge in [-0.25, -0.2) is 9.97 Å². The normalized spacial score (nSPS) is 15.1. The minimum atomic E-state index is -2.87. The van der Waals surface area contributed by atoms with Gasteiger partial charge in [0.1, 0.15) is 22.7 Å². The molecular weight excluding hydrogens is 400 g/mol. The highest BCUT2D eigenvalue weighted by Gasteiger charge is 2.21. The summed E-state index contributed by atoms with van der Waals surface area (Å²) in [4.78, 5) is 26.3. The number of carbonyl (C=O) groups excluding carboxylic acids is 1. The lowest BCUT2D eigenvalue weighted by molar-refractivity contribution is -0.117. The molecule has 2 aromatic heterocycles. The smallest absolute Gasteiger partial charge is 0.387 e. The second kappa shape index (κ2) is 8.66. The Morgan fingerprint density at radius 3 is 2.62 bits per heavy atom. The van der Waals surface area contributed by atoms with Crippen LogP contribution in [0.1, 0.15) is 0 Å². The number of thiophene rings is 1. The van der Waals surface area contributed by atoms with Crippen molar-refractivity contribution >= 4 is 39.0 Å². The van der Waals surface area contributed by atoms with Crippen LogP contribution < -0.4 is 15.0 Å². The van der Waals surface area contributed by atoms with Crippen molar-refractivity contribution in [1.29, 1.82) is 0 Å². The van der Waals surface area contributed by atoms with Gasteiger partial charge in [-0.1, -0.05) is 0 Å². The number of rotatable bonds is 6. The molecule has 0 bridgehead atoms. The molecule has 0 aliphatic carbocycles. The van der Waals surface area contributed by atoms with E-state index in [2.05, 4.69) is 29.8 Å². The van der Waals surface area contributed by atoms with Gasteiger partial charge in [-0.15, -0.1) is 11.3 Å². The van der Waals surface area contributed by atoms with E-state index in [0.29, 0.717) is 5.69 Å². The molecule has 3 heterocycles. The Morgan fingerprint density at radius 2 is 1.90 bits per heavy atom. The number of carbonyl (C=O) groups is 1. The van der Waals surface area contributed by atoms with E-state index in [1.807, 2.05) is 11.4 Å². The minimum absolute atomic E-state index is 0.0542. The summed E-state index contributed by atoms with van der Waals surface area (Å²) in [5, 5.41) is 5.84. The molecule has 4 rings (SSSR count). The number of fused-ring (bicyclic) bond motifs is 1. The summed E-state index contributed by atoms with van der Waals surface area (Å²) in [5.74, 6) is 0.841. The molecule has 29 heavy (non-hydrogen) atoms. The fraction of sp³-hybridized carbons (Fsp3) is 0.316. The number of anilines is 2. The monoisotopic (exact) mass is 419 g/mol. The fourth-order valence-corrected chi connectivity index (χ4v) is 4.00. The number of amides is 1. The third-order valence-corrected chi connectivity index (χ3v) is 5.46. The van der Waals surface area contributed by atoms with Crippen molar-refractivity contribution < 1.29 is 18.3 Å². The van der Waals surface area contributed by atoms with Crippen LogP contribution in [-0.2, 0) is 4.79 Å². The molecule has 1 fully saturated rings. The van der Waals surface area contributed by atoms with Crippen molar-refractivity contribution in [2.45, 2.75) is 6.61 Å². The molecule has 0 atom stereocenters. The standard InChI is InChI=1S/C19H19F2N5O2S/c20-19(21)28-14-3-1-13(2-4-14)24-16(27)11-25-6-8-26(9-7-25)17-15-5-10-29-18(15)23-12-22-17/h1-5,10,12,19H,6-9,11H2,(H,24,27). The van der Waals surface area contributed by atoms with E-state index in [4.69, 9.17) is 0 Å². The van der Waals surface area contributed by atoms with Gasteiger partial charge in [0, 0.05) is 31.9 Å².